The van der Waals surface area contributed by atoms with E-state index in [1.54, 1.807) is 0 Å². The third kappa shape index (κ3) is 3.14. The van der Waals surface area contributed by atoms with E-state index in [1.165, 1.54) is 17.7 Å². The van der Waals surface area contributed by atoms with Crippen molar-refractivity contribution < 1.29 is 4.39 Å². The van der Waals surface area contributed by atoms with Gasteiger partial charge in [-0.1, -0.05) is 36.4 Å². The van der Waals surface area contributed by atoms with Crippen LogP contribution in [0.1, 0.15) is 22.7 Å². The molecule has 2 N–H and O–H groups in total. The molecule has 2 aromatic rings. The summed E-state index contributed by atoms with van der Waals surface area (Å²) in [6, 6.07) is 14.8. The van der Waals surface area contributed by atoms with E-state index in [0.717, 1.165) is 17.5 Å². The Balaban J connectivity index is 2.17. The zero-order chi connectivity index (χ0) is 12.3. The predicted octanol–water partition coefficient (Wildman–Crippen LogP) is 3.38. The molecule has 1 atom stereocenters. The number of rotatable bonds is 3. The van der Waals surface area contributed by atoms with Gasteiger partial charge in [-0.05, 0) is 42.2 Å². The standard InChI is InChI=1S/C15H16FN/c1-11-7-13(10-14(16)8-11)15(17)9-12-5-3-2-4-6-12/h2-8,10,15H,9,17H2,1H3. The Morgan fingerprint density at radius 3 is 2.47 bits per heavy atom. The first-order valence-corrected chi connectivity index (χ1v) is 5.72. The Hall–Kier alpha value is -1.67. The smallest absolute Gasteiger partial charge is 0.123 e. The third-order valence-corrected chi connectivity index (χ3v) is 2.79. The van der Waals surface area contributed by atoms with Crippen molar-refractivity contribution in [3.63, 3.8) is 0 Å². The van der Waals surface area contributed by atoms with Crippen LogP contribution in [-0.4, -0.2) is 0 Å². The molecule has 0 spiro atoms. The second-order valence-corrected chi connectivity index (χ2v) is 4.36. The van der Waals surface area contributed by atoms with Gasteiger partial charge >= 0.3 is 0 Å². The molecule has 0 radical (unpaired) electrons. The number of hydrogen-bond acceptors (Lipinski definition) is 1. The topological polar surface area (TPSA) is 26.0 Å². The Kier molecular flexibility index (Phi) is 3.55. The number of nitrogens with two attached hydrogens (primary N) is 1. The molecular weight excluding hydrogens is 213 g/mol. The van der Waals surface area contributed by atoms with Crippen LogP contribution in [0.2, 0.25) is 0 Å². The first-order chi connectivity index (χ1) is 8.15. The van der Waals surface area contributed by atoms with Crippen molar-refractivity contribution in [2.24, 2.45) is 5.73 Å². The molecule has 0 saturated carbocycles. The summed E-state index contributed by atoms with van der Waals surface area (Å²) in [5.41, 5.74) is 9.03. The molecule has 0 saturated heterocycles. The van der Waals surface area contributed by atoms with Gasteiger partial charge in [0.2, 0.25) is 0 Å². The summed E-state index contributed by atoms with van der Waals surface area (Å²) in [5.74, 6) is -0.219. The van der Waals surface area contributed by atoms with Gasteiger partial charge in [-0.2, -0.15) is 0 Å². The second kappa shape index (κ2) is 5.11. The predicted molar refractivity (Wildman–Crippen MR) is 68.2 cm³/mol. The van der Waals surface area contributed by atoms with Gasteiger partial charge in [-0.15, -0.1) is 0 Å². The van der Waals surface area contributed by atoms with Crippen molar-refractivity contribution in [2.45, 2.75) is 19.4 Å². The average molecular weight is 229 g/mol. The molecular formula is C15H16FN. The minimum atomic E-state index is -0.219. The quantitative estimate of drug-likeness (QED) is 0.858. The van der Waals surface area contributed by atoms with Gasteiger partial charge in [0, 0.05) is 6.04 Å². The van der Waals surface area contributed by atoms with Crippen molar-refractivity contribution in [1.29, 1.82) is 0 Å². The highest BCUT2D eigenvalue weighted by molar-refractivity contribution is 5.28. The lowest BCUT2D eigenvalue weighted by Gasteiger charge is -2.13. The van der Waals surface area contributed by atoms with Gasteiger partial charge < -0.3 is 5.73 Å². The highest BCUT2D eigenvalue weighted by Gasteiger charge is 2.08. The third-order valence-electron chi connectivity index (χ3n) is 2.79. The monoisotopic (exact) mass is 229 g/mol. The molecule has 0 aliphatic rings. The first-order valence-electron chi connectivity index (χ1n) is 5.72. The molecule has 0 bridgehead atoms. The lowest BCUT2D eigenvalue weighted by atomic mass is 9.98. The molecule has 0 amide bonds. The van der Waals surface area contributed by atoms with Gasteiger partial charge in [-0.25, -0.2) is 4.39 Å². The van der Waals surface area contributed by atoms with Gasteiger partial charge in [0.05, 0.1) is 0 Å². The number of halogens is 1. The molecule has 2 heteroatoms. The van der Waals surface area contributed by atoms with E-state index in [4.69, 9.17) is 5.73 Å². The van der Waals surface area contributed by atoms with Crippen LogP contribution in [0.15, 0.2) is 48.5 Å². The normalized spacial score (nSPS) is 12.4. The van der Waals surface area contributed by atoms with E-state index in [2.05, 4.69) is 0 Å². The summed E-state index contributed by atoms with van der Waals surface area (Å²) in [6.45, 7) is 1.88. The maximum atomic E-state index is 13.3. The second-order valence-electron chi connectivity index (χ2n) is 4.36. The van der Waals surface area contributed by atoms with E-state index < -0.39 is 0 Å². The van der Waals surface area contributed by atoms with Crippen molar-refractivity contribution in [3.05, 3.63) is 71.0 Å². The van der Waals surface area contributed by atoms with Crippen LogP contribution >= 0.6 is 0 Å². The average Bonchev–Trinajstić information content (AvgIpc) is 2.29. The Bertz CT molecular complexity index is 473. The molecule has 0 heterocycles. The zero-order valence-corrected chi connectivity index (χ0v) is 9.86. The van der Waals surface area contributed by atoms with Gasteiger partial charge in [0.25, 0.3) is 0 Å². The molecule has 88 valence electrons. The largest absolute Gasteiger partial charge is 0.324 e. The molecule has 0 aliphatic heterocycles. The molecule has 2 aromatic carbocycles. The summed E-state index contributed by atoms with van der Waals surface area (Å²) in [7, 11) is 0. The van der Waals surface area contributed by atoms with Crippen LogP contribution < -0.4 is 5.73 Å². The minimum absolute atomic E-state index is 0.160. The lowest BCUT2D eigenvalue weighted by molar-refractivity contribution is 0.617. The SMILES string of the molecule is Cc1cc(F)cc(C(N)Cc2ccccc2)c1. The van der Waals surface area contributed by atoms with E-state index in [0.29, 0.717) is 0 Å². The van der Waals surface area contributed by atoms with E-state index >= 15 is 0 Å². The summed E-state index contributed by atoms with van der Waals surface area (Å²) in [5, 5.41) is 0. The molecule has 0 fully saturated rings. The van der Waals surface area contributed by atoms with Crippen molar-refractivity contribution in [1.82, 2.24) is 0 Å². The maximum Gasteiger partial charge on any atom is 0.123 e. The van der Waals surface area contributed by atoms with Gasteiger partial charge in [0.15, 0.2) is 0 Å². The summed E-state index contributed by atoms with van der Waals surface area (Å²) < 4.78 is 13.3. The molecule has 0 aromatic heterocycles. The molecule has 1 unspecified atom stereocenters. The van der Waals surface area contributed by atoms with Gasteiger partial charge in [-0.3, -0.25) is 0 Å². The van der Waals surface area contributed by atoms with Crippen LogP contribution in [0.5, 0.6) is 0 Å². The zero-order valence-electron chi connectivity index (χ0n) is 9.86. The van der Waals surface area contributed by atoms with Crippen LogP contribution in [0, 0.1) is 12.7 Å². The molecule has 2 rings (SSSR count). The minimum Gasteiger partial charge on any atom is -0.324 e. The van der Waals surface area contributed by atoms with Gasteiger partial charge in [0.1, 0.15) is 5.82 Å². The molecule has 17 heavy (non-hydrogen) atoms. The maximum absolute atomic E-state index is 13.3. The Morgan fingerprint density at radius 2 is 1.82 bits per heavy atom. The highest BCUT2D eigenvalue weighted by atomic mass is 19.1. The van der Waals surface area contributed by atoms with E-state index in [9.17, 15) is 4.39 Å². The Labute approximate surface area is 101 Å². The highest BCUT2D eigenvalue weighted by Crippen LogP contribution is 2.18. The lowest BCUT2D eigenvalue weighted by Crippen LogP contribution is -2.13. The fourth-order valence-corrected chi connectivity index (χ4v) is 1.96. The molecule has 1 nitrogen and oxygen atoms in total. The van der Waals surface area contributed by atoms with Crippen LogP contribution in [0.25, 0.3) is 0 Å². The Morgan fingerprint density at radius 1 is 1.12 bits per heavy atom. The number of hydrogen-bond donors (Lipinski definition) is 1. The van der Waals surface area contributed by atoms with Crippen LogP contribution in [0.4, 0.5) is 4.39 Å². The van der Waals surface area contributed by atoms with E-state index in [-0.39, 0.29) is 11.9 Å². The van der Waals surface area contributed by atoms with Crippen LogP contribution in [0.3, 0.4) is 0 Å². The number of benzene rings is 2. The fraction of sp³-hybridized carbons (Fsp3) is 0.200. The summed E-state index contributed by atoms with van der Waals surface area (Å²) >= 11 is 0. The number of aryl methyl sites for hydroxylation is 1. The van der Waals surface area contributed by atoms with Crippen molar-refractivity contribution in [2.75, 3.05) is 0 Å². The van der Waals surface area contributed by atoms with E-state index in [1.807, 2.05) is 43.3 Å². The van der Waals surface area contributed by atoms with Crippen molar-refractivity contribution in [3.8, 4) is 0 Å². The fourth-order valence-electron chi connectivity index (χ4n) is 1.96. The summed E-state index contributed by atoms with van der Waals surface area (Å²) in [6.07, 6.45) is 0.726. The first kappa shape index (κ1) is 11.8. The summed E-state index contributed by atoms with van der Waals surface area (Å²) in [4.78, 5) is 0. The van der Waals surface area contributed by atoms with Crippen LogP contribution in [-0.2, 0) is 6.42 Å². The van der Waals surface area contributed by atoms with Crippen molar-refractivity contribution >= 4 is 0 Å². The molecule has 0 aliphatic carbocycles.